The van der Waals surface area contributed by atoms with Gasteiger partial charge >= 0.3 is 0 Å². The van der Waals surface area contributed by atoms with Crippen LogP contribution in [0.5, 0.6) is 0 Å². The first-order chi connectivity index (χ1) is 26.8. The van der Waals surface area contributed by atoms with Crippen LogP contribution in [0.2, 0.25) is 0 Å². The fourth-order valence-electron chi connectivity index (χ4n) is 6.89. The van der Waals surface area contributed by atoms with Crippen molar-refractivity contribution >= 4 is 0 Å². The van der Waals surface area contributed by atoms with Crippen LogP contribution in [0.15, 0.2) is 196 Å². The third-order valence-corrected chi connectivity index (χ3v) is 9.72. The molecule has 0 saturated carbocycles. The quantitative estimate of drug-likeness (QED) is 0.158. The van der Waals surface area contributed by atoms with Crippen molar-refractivity contribution in [1.82, 2.24) is 29.9 Å². The highest BCUT2D eigenvalue weighted by atomic mass is 14.8. The third kappa shape index (κ3) is 6.67. The molecule has 6 nitrogen and oxygen atoms in total. The minimum absolute atomic E-state index is 0.977. The van der Waals surface area contributed by atoms with Gasteiger partial charge in [-0.05, 0) is 102 Å². The maximum atomic E-state index is 4.34. The molecule has 54 heavy (non-hydrogen) atoms. The molecule has 0 bridgehead atoms. The number of nitrogens with zero attached hydrogens (tertiary/aromatic N) is 6. The van der Waals surface area contributed by atoms with Gasteiger partial charge in [-0.1, -0.05) is 109 Å². The minimum Gasteiger partial charge on any atom is -0.264 e. The van der Waals surface area contributed by atoms with Gasteiger partial charge in [-0.25, -0.2) is 19.9 Å². The van der Waals surface area contributed by atoms with Crippen LogP contribution in [-0.4, -0.2) is 29.9 Å². The predicted octanol–water partition coefficient (Wildman–Crippen LogP) is 11.4. The van der Waals surface area contributed by atoms with Crippen molar-refractivity contribution in [2.24, 2.45) is 0 Å². The molecule has 0 aliphatic heterocycles. The summed E-state index contributed by atoms with van der Waals surface area (Å²) < 4.78 is 0. The lowest BCUT2D eigenvalue weighted by molar-refractivity contribution is 1.17. The molecule has 9 rings (SSSR count). The molecule has 4 heterocycles. The van der Waals surface area contributed by atoms with E-state index in [1.54, 1.807) is 25.0 Å². The Morgan fingerprint density at radius 3 is 0.759 bits per heavy atom. The zero-order valence-electron chi connectivity index (χ0n) is 29.2. The number of aromatic nitrogens is 6. The van der Waals surface area contributed by atoms with Crippen molar-refractivity contribution in [3.63, 3.8) is 0 Å². The highest BCUT2D eigenvalue weighted by Crippen LogP contribution is 2.43. The summed E-state index contributed by atoms with van der Waals surface area (Å²) >= 11 is 0. The molecule has 9 aromatic rings. The Kier molecular flexibility index (Phi) is 8.81. The van der Waals surface area contributed by atoms with E-state index in [-0.39, 0.29) is 0 Å². The monoisotopic (exact) mass is 692 g/mol. The number of benzene rings is 5. The first kappa shape index (κ1) is 32.5. The highest BCUT2D eigenvalue weighted by molar-refractivity contribution is 5.96. The van der Waals surface area contributed by atoms with Crippen LogP contribution in [-0.2, 0) is 0 Å². The molecule has 0 radical (unpaired) electrons. The summed E-state index contributed by atoms with van der Waals surface area (Å²) in [5, 5.41) is 0. The second kappa shape index (κ2) is 14.7. The number of hydrogen-bond donors (Lipinski definition) is 0. The summed E-state index contributed by atoms with van der Waals surface area (Å²) in [5.41, 5.74) is 17.5. The van der Waals surface area contributed by atoms with Crippen LogP contribution < -0.4 is 0 Å². The smallest absolute Gasteiger partial charge is 0.115 e. The molecule has 0 atom stereocenters. The lowest BCUT2D eigenvalue weighted by Gasteiger charge is -2.19. The van der Waals surface area contributed by atoms with Gasteiger partial charge in [-0.3, -0.25) is 9.97 Å². The standard InChI is InChI=1S/C48H32N6/c1-3-41(25-49-21-1)33-5-13-37(14-6-33)45-23-46(38-15-7-34(8-16-38)42-4-2-22-50-26-42)48(40-19-11-36(12-20-40)44-29-53-32-54-30-44)24-47(45)39-17-9-35(10-18-39)43-27-51-31-52-28-43/h1-32H. The van der Waals surface area contributed by atoms with Gasteiger partial charge < -0.3 is 0 Å². The second-order valence-electron chi connectivity index (χ2n) is 13.0. The second-order valence-corrected chi connectivity index (χ2v) is 13.0. The maximum absolute atomic E-state index is 4.34. The van der Waals surface area contributed by atoms with Crippen LogP contribution in [0.25, 0.3) is 89.0 Å². The normalized spacial score (nSPS) is 11.0. The van der Waals surface area contributed by atoms with Crippen molar-refractivity contribution in [2.45, 2.75) is 0 Å². The lowest BCUT2D eigenvalue weighted by Crippen LogP contribution is -1.93. The summed E-state index contributed by atoms with van der Waals surface area (Å²) in [5.74, 6) is 0. The molecule has 0 aliphatic rings. The molecule has 0 amide bonds. The van der Waals surface area contributed by atoms with Crippen LogP contribution >= 0.6 is 0 Å². The van der Waals surface area contributed by atoms with Gasteiger partial charge in [-0.2, -0.15) is 0 Å². The largest absolute Gasteiger partial charge is 0.264 e. The van der Waals surface area contributed by atoms with Gasteiger partial charge in [0.1, 0.15) is 12.7 Å². The molecule has 0 fully saturated rings. The van der Waals surface area contributed by atoms with Crippen molar-refractivity contribution in [3.05, 3.63) is 196 Å². The molecule has 4 aromatic heterocycles. The topological polar surface area (TPSA) is 77.3 Å². The Morgan fingerprint density at radius 1 is 0.222 bits per heavy atom. The van der Waals surface area contributed by atoms with Gasteiger partial charge in [0.05, 0.1) is 0 Å². The molecule has 0 N–H and O–H groups in total. The average Bonchev–Trinajstić information content (AvgIpc) is 3.27. The third-order valence-electron chi connectivity index (χ3n) is 9.72. The summed E-state index contributed by atoms with van der Waals surface area (Å²) in [7, 11) is 0. The van der Waals surface area contributed by atoms with Gasteiger partial charge in [0, 0.05) is 60.7 Å². The van der Waals surface area contributed by atoms with E-state index in [2.05, 4.69) is 151 Å². The van der Waals surface area contributed by atoms with Gasteiger partial charge in [-0.15, -0.1) is 0 Å². The molecule has 6 heteroatoms. The zero-order chi connectivity index (χ0) is 36.1. The molecule has 0 saturated heterocycles. The average molecular weight is 693 g/mol. The Balaban J connectivity index is 1.23. The first-order valence-corrected chi connectivity index (χ1v) is 17.7. The summed E-state index contributed by atoms with van der Waals surface area (Å²) in [6.45, 7) is 0. The van der Waals surface area contributed by atoms with Crippen LogP contribution in [0.1, 0.15) is 0 Å². The summed E-state index contributed by atoms with van der Waals surface area (Å²) in [6.07, 6.45) is 17.9. The highest BCUT2D eigenvalue weighted by Gasteiger charge is 2.17. The summed E-state index contributed by atoms with van der Waals surface area (Å²) in [6, 6.07) is 47.7. The number of pyridine rings is 2. The van der Waals surface area contributed by atoms with E-state index in [4.69, 9.17) is 0 Å². The van der Waals surface area contributed by atoms with Gasteiger partial charge in [0.15, 0.2) is 0 Å². The minimum atomic E-state index is 0.977. The van der Waals surface area contributed by atoms with E-state index < -0.39 is 0 Å². The Morgan fingerprint density at radius 2 is 0.481 bits per heavy atom. The van der Waals surface area contributed by atoms with E-state index in [1.165, 1.54) is 0 Å². The van der Waals surface area contributed by atoms with Crippen LogP contribution in [0.3, 0.4) is 0 Å². The van der Waals surface area contributed by atoms with E-state index in [0.29, 0.717) is 0 Å². The SMILES string of the molecule is c1cncc(-c2ccc(-c3cc(-c4ccc(-c5cccnc5)cc4)c(-c4ccc(-c5cncnc5)cc4)cc3-c3ccc(-c4cncnc4)cc3)cc2)c1. The summed E-state index contributed by atoms with van der Waals surface area (Å²) in [4.78, 5) is 25.6. The number of hydrogen-bond acceptors (Lipinski definition) is 6. The molecule has 0 spiro atoms. The fourth-order valence-corrected chi connectivity index (χ4v) is 6.89. The number of rotatable bonds is 8. The molecule has 5 aromatic carbocycles. The Bertz CT molecular complexity index is 2260. The van der Waals surface area contributed by atoms with Gasteiger partial charge in [0.2, 0.25) is 0 Å². The first-order valence-electron chi connectivity index (χ1n) is 17.7. The predicted molar refractivity (Wildman–Crippen MR) is 217 cm³/mol. The van der Waals surface area contributed by atoms with E-state index in [1.807, 2.05) is 49.3 Å². The zero-order valence-corrected chi connectivity index (χ0v) is 29.2. The molecular formula is C48H32N6. The molecule has 254 valence electrons. The van der Waals surface area contributed by atoms with Crippen LogP contribution in [0, 0.1) is 0 Å². The fraction of sp³-hybridized carbons (Fsp3) is 0. The van der Waals surface area contributed by atoms with E-state index >= 15 is 0 Å². The van der Waals surface area contributed by atoms with Crippen molar-refractivity contribution in [1.29, 1.82) is 0 Å². The van der Waals surface area contributed by atoms with Crippen LogP contribution in [0.4, 0.5) is 0 Å². The van der Waals surface area contributed by atoms with Crippen molar-refractivity contribution < 1.29 is 0 Å². The van der Waals surface area contributed by atoms with E-state index in [9.17, 15) is 0 Å². The molecule has 0 aliphatic carbocycles. The van der Waals surface area contributed by atoms with Crippen molar-refractivity contribution in [2.75, 3.05) is 0 Å². The Labute approximate surface area is 313 Å². The molecule has 0 unspecified atom stereocenters. The van der Waals surface area contributed by atoms with Crippen molar-refractivity contribution in [3.8, 4) is 89.0 Å². The lowest BCUT2D eigenvalue weighted by atomic mass is 9.84. The van der Waals surface area contributed by atoms with Gasteiger partial charge in [0.25, 0.3) is 0 Å². The molecular weight excluding hydrogens is 661 g/mol. The van der Waals surface area contributed by atoms with E-state index in [0.717, 1.165) is 89.0 Å². The Hall–Kier alpha value is -7.44. The maximum Gasteiger partial charge on any atom is 0.115 e.